The van der Waals surface area contributed by atoms with Crippen LogP contribution in [0.4, 0.5) is 14.9 Å². The lowest BCUT2D eigenvalue weighted by Gasteiger charge is -2.25. The maximum atomic E-state index is 14.0. The Morgan fingerprint density at radius 3 is 2.78 bits per heavy atom. The van der Waals surface area contributed by atoms with E-state index in [4.69, 9.17) is 23.2 Å². The Labute approximate surface area is 147 Å². The van der Waals surface area contributed by atoms with Crippen molar-refractivity contribution in [2.75, 3.05) is 17.6 Å². The van der Waals surface area contributed by atoms with Crippen molar-refractivity contribution in [2.45, 2.75) is 5.37 Å². The van der Waals surface area contributed by atoms with Crippen molar-refractivity contribution in [3.63, 3.8) is 0 Å². The summed E-state index contributed by atoms with van der Waals surface area (Å²) in [5.74, 6) is 0.440. The molecule has 1 aliphatic rings. The second kappa shape index (κ2) is 6.99. The summed E-state index contributed by atoms with van der Waals surface area (Å²) in [5.41, 5.74) is 0.984. The smallest absolute Gasteiger partial charge is 0.307 e. The number of nitrogens with zero attached hydrogens (tertiary/aromatic N) is 1. The largest absolute Gasteiger partial charge is 0.323 e. The van der Waals surface area contributed by atoms with Gasteiger partial charge in [0.15, 0.2) is 0 Å². The van der Waals surface area contributed by atoms with Gasteiger partial charge in [0.25, 0.3) is 0 Å². The molecule has 2 aromatic rings. The first-order valence-electron chi connectivity index (χ1n) is 6.95. The molecule has 1 aliphatic heterocycles. The van der Waals surface area contributed by atoms with Crippen molar-refractivity contribution >= 4 is 46.7 Å². The fourth-order valence-corrected chi connectivity index (χ4v) is 4.12. The fraction of sp³-hybridized carbons (Fsp3) is 0.188. The quantitative estimate of drug-likeness (QED) is 0.765. The van der Waals surface area contributed by atoms with Crippen LogP contribution in [0.2, 0.25) is 10.0 Å². The highest BCUT2D eigenvalue weighted by molar-refractivity contribution is 7.99. The van der Waals surface area contributed by atoms with E-state index in [0.29, 0.717) is 27.8 Å². The van der Waals surface area contributed by atoms with Gasteiger partial charge in [0.2, 0.25) is 0 Å². The zero-order chi connectivity index (χ0) is 16.4. The first-order chi connectivity index (χ1) is 11.1. The van der Waals surface area contributed by atoms with Gasteiger partial charge >= 0.3 is 6.03 Å². The summed E-state index contributed by atoms with van der Waals surface area (Å²) in [7, 11) is 0. The number of benzene rings is 2. The Kier molecular flexibility index (Phi) is 4.99. The highest BCUT2D eigenvalue weighted by Crippen LogP contribution is 2.39. The predicted molar refractivity (Wildman–Crippen MR) is 93.8 cm³/mol. The second-order valence-electron chi connectivity index (χ2n) is 4.99. The van der Waals surface area contributed by atoms with Crippen LogP contribution in [0.15, 0.2) is 42.5 Å². The first kappa shape index (κ1) is 16.4. The summed E-state index contributed by atoms with van der Waals surface area (Å²) in [4.78, 5) is 14.1. The van der Waals surface area contributed by atoms with Crippen LogP contribution in [-0.4, -0.2) is 23.2 Å². The molecule has 0 aromatic heterocycles. The highest BCUT2D eigenvalue weighted by atomic mass is 35.5. The molecule has 1 atom stereocenters. The summed E-state index contributed by atoms with van der Waals surface area (Å²) in [6.45, 7) is 0.542. The standard InChI is InChI=1S/C16H13Cl2FN2OS/c17-10-5-6-14(12(18)9-10)20-16(22)21-7-8-23-15(21)11-3-1-2-4-13(11)19/h1-6,9,15H,7-8H2,(H,20,22). The number of carbonyl (C=O) groups is 1. The van der Waals surface area contributed by atoms with Gasteiger partial charge in [0.1, 0.15) is 11.2 Å². The molecular weight excluding hydrogens is 358 g/mol. The van der Waals surface area contributed by atoms with E-state index in [1.165, 1.54) is 17.8 Å². The molecule has 1 unspecified atom stereocenters. The Bertz CT molecular complexity index is 744. The Balaban J connectivity index is 1.80. The topological polar surface area (TPSA) is 32.3 Å². The number of urea groups is 1. The molecule has 2 amide bonds. The van der Waals surface area contributed by atoms with E-state index in [1.807, 2.05) is 0 Å². The van der Waals surface area contributed by atoms with E-state index in [-0.39, 0.29) is 17.2 Å². The van der Waals surface area contributed by atoms with Gasteiger partial charge in [-0.05, 0) is 24.3 Å². The molecular formula is C16H13Cl2FN2OS. The van der Waals surface area contributed by atoms with Crippen molar-refractivity contribution in [3.8, 4) is 0 Å². The van der Waals surface area contributed by atoms with Gasteiger partial charge in [-0.3, -0.25) is 0 Å². The number of hydrogen-bond donors (Lipinski definition) is 1. The predicted octanol–water partition coefficient (Wildman–Crippen LogP) is 5.41. The SMILES string of the molecule is O=C(Nc1ccc(Cl)cc1Cl)N1CCSC1c1ccccc1F. The third-order valence-electron chi connectivity index (χ3n) is 3.50. The summed E-state index contributed by atoms with van der Waals surface area (Å²) < 4.78 is 14.0. The van der Waals surface area contributed by atoms with Crippen molar-refractivity contribution < 1.29 is 9.18 Å². The normalized spacial score (nSPS) is 17.3. The second-order valence-corrected chi connectivity index (χ2v) is 7.02. The Hall–Kier alpha value is -1.43. The molecule has 0 aliphatic carbocycles. The van der Waals surface area contributed by atoms with Gasteiger partial charge in [0, 0.05) is 22.9 Å². The monoisotopic (exact) mass is 370 g/mol. The number of amides is 2. The number of rotatable bonds is 2. The van der Waals surface area contributed by atoms with Crippen molar-refractivity contribution in [1.82, 2.24) is 4.90 Å². The zero-order valence-corrected chi connectivity index (χ0v) is 14.3. The van der Waals surface area contributed by atoms with E-state index >= 15 is 0 Å². The fourth-order valence-electron chi connectivity index (χ4n) is 2.39. The molecule has 120 valence electrons. The number of halogens is 3. The van der Waals surface area contributed by atoms with E-state index in [1.54, 1.807) is 41.3 Å². The van der Waals surface area contributed by atoms with E-state index < -0.39 is 0 Å². The maximum absolute atomic E-state index is 14.0. The van der Waals surface area contributed by atoms with Crippen molar-refractivity contribution in [2.24, 2.45) is 0 Å². The number of nitrogens with one attached hydrogen (secondary N) is 1. The molecule has 1 fully saturated rings. The average molecular weight is 371 g/mol. The van der Waals surface area contributed by atoms with Crippen molar-refractivity contribution in [1.29, 1.82) is 0 Å². The minimum atomic E-state index is -0.345. The van der Waals surface area contributed by atoms with Crippen LogP contribution in [0, 0.1) is 5.82 Å². The van der Waals surface area contributed by atoms with Gasteiger partial charge in [-0.1, -0.05) is 41.4 Å². The molecule has 3 nitrogen and oxygen atoms in total. The number of hydrogen-bond acceptors (Lipinski definition) is 2. The van der Waals surface area contributed by atoms with Gasteiger partial charge in [0.05, 0.1) is 10.7 Å². The van der Waals surface area contributed by atoms with Gasteiger partial charge in [-0.25, -0.2) is 9.18 Å². The summed E-state index contributed by atoms with van der Waals surface area (Å²) in [6.07, 6.45) is 0. The maximum Gasteiger partial charge on any atom is 0.323 e. The Morgan fingerprint density at radius 2 is 2.04 bits per heavy atom. The number of anilines is 1. The van der Waals surface area contributed by atoms with Crippen molar-refractivity contribution in [3.05, 3.63) is 63.9 Å². The number of thioether (sulfide) groups is 1. The minimum absolute atomic E-state index is 0.311. The minimum Gasteiger partial charge on any atom is -0.307 e. The molecule has 3 rings (SSSR count). The first-order valence-corrected chi connectivity index (χ1v) is 8.75. The molecule has 1 saturated heterocycles. The van der Waals surface area contributed by atoms with Crippen LogP contribution in [0.3, 0.4) is 0 Å². The summed E-state index contributed by atoms with van der Waals surface area (Å²) in [5, 5.41) is 3.27. The molecule has 1 heterocycles. The lowest BCUT2D eigenvalue weighted by Crippen LogP contribution is -2.34. The van der Waals surface area contributed by atoms with Crippen LogP contribution >= 0.6 is 35.0 Å². The van der Waals surface area contributed by atoms with Crippen LogP contribution in [-0.2, 0) is 0 Å². The molecule has 0 bridgehead atoms. The zero-order valence-electron chi connectivity index (χ0n) is 11.9. The van der Waals surface area contributed by atoms with E-state index in [9.17, 15) is 9.18 Å². The van der Waals surface area contributed by atoms with Gasteiger partial charge < -0.3 is 10.2 Å². The van der Waals surface area contributed by atoms with E-state index in [2.05, 4.69) is 5.32 Å². The van der Waals surface area contributed by atoms with Crippen LogP contribution in [0.25, 0.3) is 0 Å². The molecule has 1 N–H and O–H groups in total. The van der Waals surface area contributed by atoms with Gasteiger partial charge in [-0.2, -0.15) is 0 Å². The third kappa shape index (κ3) is 3.57. The lowest BCUT2D eigenvalue weighted by atomic mass is 10.2. The molecule has 23 heavy (non-hydrogen) atoms. The molecule has 2 aromatic carbocycles. The van der Waals surface area contributed by atoms with Gasteiger partial charge in [-0.15, -0.1) is 11.8 Å². The third-order valence-corrected chi connectivity index (χ3v) is 5.29. The van der Waals surface area contributed by atoms with Crippen LogP contribution in [0.5, 0.6) is 0 Å². The highest BCUT2D eigenvalue weighted by Gasteiger charge is 2.32. The van der Waals surface area contributed by atoms with Crippen LogP contribution in [0.1, 0.15) is 10.9 Å². The number of carbonyl (C=O) groups excluding carboxylic acids is 1. The summed E-state index contributed by atoms with van der Waals surface area (Å²) in [6, 6.07) is 11.0. The average Bonchev–Trinajstić information content (AvgIpc) is 3.00. The molecule has 0 spiro atoms. The summed E-state index contributed by atoms with van der Waals surface area (Å²) >= 11 is 13.5. The molecule has 0 saturated carbocycles. The Morgan fingerprint density at radius 1 is 1.26 bits per heavy atom. The van der Waals surface area contributed by atoms with E-state index in [0.717, 1.165) is 5.75 Å². The molecule has 0 radical (unpaired) electrons. The lowest BCUT2D eigenvalue weighted by molar-refractivity contribution is 0.213. The van der Waals surface area contributed by atoms with Crippen LogP contribution < -0.4 is 5.32 Å². The molecule has 7 heteroatoms.